The highest BCUT2D eigenvalue weighted by atomic mass is 14.9. The average Bonchev–Trinajstić information content (AvgIpc) is 2.38. The molecule has 0 spiro atoms. The molecule has 2 aliphatic carbocycles. The largest absolute Gasteiger partial charge is 0.327 e. The van der Waals surface area contributed by atoms with Gasteiger partial charge in [0, 0.05) is 6.04 Å². The van der Waals surface area contributed by atoms with Crippen molar-refractivity contribution >= 4 is 0 Å². The minimum atomic E-state index is 0.441. The molecular formula is C11H21N. The predicted octanol–water partition coefficient (Wildman–Crippen LogP) is 2.55. The number of rotatable bonds is 2. The Morgan fingerprint density at radius 1 is 1.33 bits per heavy atom. The minimum Gasteiger partial charge on any atom is -0.327 e. The van der Waals surface area contributed by atoms with Gasteiger partial charge >= 0.3 is 0 Å². The fourth-order valence-electron chi connectivity index (χ4n) is 3.36. The van der Waals surface area contributed by atoms with Crippen molar-refractivity contribution in [1.29, 1.82) is 0 Å². The molecule has 0 aliphatic heterocycles. The van der Waals surface area contributed by atoms with E-state index in [1.807, 2.05) is 0 Å². The zero-order valence-corrected chi connectivity index (χ0v) is 8.56. The van der Waals surface area contributed by atoms with Gasteiger partial charge < -0.3 is 5.73 Å². The third-order valence-corrected chi connectivity index (χ3v) is 4.62. The molecule has 12 heavy (non-hydrogen) atoms. The number of hydrogen-bond donors (Lipinski definition) is 1. The molecule has 1 heteroatoms. The summed E-state index contributed by atoms with van der Waals surface area (Å²) in [4.78, 5) is 0. The van der Waals surface area contributed by atoms with Crippen LogP contribution >= 0.6 is 0 Å². The molecule has 2 atom stereocenters. The average molecular weight is 167 g/mol. The summed E-state index contributed by atoms with van der Waals surface area (Å²) >= 11 is 0. The van der Waals surface area contributed by atoms with Gasteiger partial charge in [0.15, 0.2) is 0 Å². The summed E-state index contributed by atoms with van der Waals surface area (Å²) in [5.41, 5.74) is 7.21. The van der Waals surface area contributed by atoms with Gasteiger partial charge in [-0.2, -0.15) is 0 Å². The molecule has 0 unspecified atom stereocenters. The zero-order chi connectivity index (χ0) is 8.98. The van der Waals surface area contributed by atoms with Crippen LogP contribution in [0.1, 0.15) is 46.5 Å². The number of hydrogen-bond acceptors (Lipinski definition) is 1. The first kappa shape index (κ1) is 8.55. The lowest BCUT2D eigenvalue weighted by Crippen LogP contribution is -2.33. The highest BCUT2D eigenvalue weighted by molar-refractivity contribution is 5.17. The van der Waals surface area contributed by atoms with Crippen LogP contribution in [-0.4, -0.2) is 6.04 Å². The summed E-state index contributed by atoms with van der Waals surface area (Å²) in [6, 6.07) is 0.484. The van der Waals surface area contributed by atoms with E-state index in [1.165, 1.54) is 25.7 Å². The topological polar surface area (TPSA) is 26.0 Å². The second-order valence-electron chi connectivity index (χ2n) is 5.39. The molecule has 0 saturated heterocycles. The van der Waals surface area contributed by atoms with Crippen LogP contribution in [0.2, 0.25) is 0 Å². The van der Waals surface area contributed by atoms with Gasteiger partial charge in [-0.1, -0.05) is 33.6 Å². The van der Waals surface area contributed by atoms with Gasteiger partial charge in [-0.3, -0.25) is 0 Å². The predicted molar refractivity (Wildman–Crippen MR) is 51.8 cm³/mol. The molecule has 70 valence electrons. The van der Waals surface area contributed by atoms with E-state index in [0.717, 1.165) is 5.92 Å². The molecule has 2 N–H and O–H groups in total. The molecule has 2 rings (SSSR count). The minimum absolute atomic E-state index is 0.441. The normalized spacial score (nSPS) is 42.0. The third-order valence-electron chi connectivity index (χ3n) is 4.62. The van der Waals surface area contributed by atoms with E-state index < -0.39 is 0 Å². The van der Waals surface area contributed by atoms with Crippen LogP contribution in [-0.2, 0) is 0 Å². The third kappa shape index (κ3) is 0.834. The van der Waals surface area contributed by atoms with Crippen molar-refractivity contribution in [2.45, 2.75) is 52.5 Å². The molecule has 2 fully saturated rings. The van der Waals surface area contributed by atoms with Crippen molar-refractivity contribution in [2.75, 3.05) is 0 Å². The Morgan fingerprint density at radius 3 is 1.92 bits per heavy atom. The van der Waals surface area contributed by atoms with Crippen molar-refractivity contribution in [1.82, 2.24) is 0 Å². The molecular weight excluding hydrogens is 146 g/mol. The summed E-state index contributed by atoms with van der Waals surface area (Å²) in [5.74, 6) is 0.823. The molecule has 2 saturated carbocycles. The Kier molecular flexibility index (Phi) is 1.61. The highest BCUT2D eigenvalue weighted by Crippen LogP contribution is 2.67. The lowest BCUT2D eigenvalue weighted by molar-refractivity contribution is 0.0768. The lowest BCUT2D eigenvalue weighted by Gasteiger charge is -2.43. The smallest absolute Gasteiger partial charge is 0.0133 e. The van der Waals surface area contributed by atoms with Crippen LogP contribution in [0, 0.1) is 16.7 Å². The first-order valence-electron chi connectivity index (χ1n) is 5.30. The van der Waals surface area contributed by atoms with E-state index in [4.69, 9.17) is 5.73 Å². The van der Waals surface area contributed by atoms with Gasteiger partial charge in [0.1, 0.15) is 0 Å². The van der Waals surface area contributed by atoms with Gasteiger partial charge in [0.2, 0.25) is 0 Å². The van der Waals surface area contributed by atoms with Gasteiger partial charge in [-0.15, -0.1) is 0 Å². The van der Waals surface area contributed by atoms with Crippen molar-refractivity contribution < 1.29 is 0 Å². The van der Waals surface area contributed by atoms with E-state index in [2.05, 4.69) is 20.8 Å². The van der Waals surface area contributed by atoms with Crippen LogP contribution < -0.4 is 5.73 Å². The molecule has 0 aromatic heterocycles. The molecule has 0 heterocycles. The van der Waals surface area contributed by atoms with Crippen molar-refractivity contribution in [3.8, 4) is 0 Å². The summed E-state index contributed by atoms with van der Waals surface area (Å²) in [5, 5.41) is 0. The van der Waals surface area contributed by atoms with Crippen LogP contribution in [0.25, 0.3) is 0 Å². The van der Waals surface area contributed by atoms with Crippen LogP contribution in [0.15, 0.2) is 0 Å². The lowest BCUT2D eigenvalue weighted by atomic mass is 9.62. The number of nitrogens with two attached hydrogens (primary N) is 1. The van der Waals surface area contributed by atoms with Crippen molar-refractivity contribution in [3.63, 3.8) is 0 Å². The van der Waals surface area contributed by atoms with E-state index >= 15 is 0 Å². The Morgan fingerprint density at radius 2 is 1.83 bits per heavy atom. The maximum absolute atomic E-state index is 6.12. The summed E-state index contributed by atoms with van der Waals surface area (Å²) in [6.07, 6.45) is 5.65. The van der Waals surface area contributed by atoms with Gasteiger partial charge in [0.05, 0.1) is 0 Å². The standard InChI is InChI=1S/C11H21N/c1-4-11(6-5-7-11)8-9(12)10(8,2)3/h8-9H,4-7,12H2,1-3H3/t8-,9-/m1/s1. The van der Waals surface area contributed by atoms with E-state index in [1.54, 1.807) is 0 Å². The first-order chi connectivity index (χ1) is 5.54. The molecule has 0 aromatic rings. The summed E-state index contributed by atoms with van der Waals surface area (Å²) in [6.45, 7) is 7.00. The second kappa shape index (κ2) is 2.25. The monoisotopic (exact) mass is 167 g/mol. The SMILES string of the molecule is CCC1([C@@H]2[C@@H](N)C2(C)C)CCC1. The van der Waals surface area contributed by atoms with Crippen LogP contribution in [0.5, 0.6) is 0 Å². The fraction of sp³-hybridized carbons (Fsp3) is 1.00. The maximum Gasteiger partial charge on any atom is 0.0133 e. The van der Waals surface area contributed by atoms with Gasteiger partial charge in [-0.25, -0.2) is 0 Å². The Bertz CT molecular complexity index is 186. The summed E-state index contributed by atoms with van der Waals surface area (Å²) in [7, 11) is 0. The Labute approximate surface area is 75.7 Å². The van der Waals surface area contributed by atoms with Crippen LogP contribution in [0.4, 0.5) is 0 Å². The van der Waals surface area contributed by atoms with Gasteiger partial charge in [0.25, 0.3) is 0 Å². The highest BCUT2D eigenvalue weighted by Gasteiger charge is 2.65. The van der Waals surface area contributed by atoms with E-state index in [9.17, 15) is 0 Å². The molecule has 0 aromatic carbocycles. The zero-order valence-electron chi connectivity index (χ0n) is 8.56. The Hall–Kier alpha value is -0.0400. The Balaban J connectivity index is 2.11. The molecule has 0 bridgehead atoms. The van der Waals surface area contributed by atoms with Gasteiger partial charge in [-0.05, 0) is 29.6 Å². The fourth-order valence-corrected chi connectivity index (χ4v) is 3.36. The first-order valence-corrected chi connectivity index (χ1v) is 5.30. The second-order valence-corrected chi connectivity index (χ2v) is 5.39. The van der Waals surface area contributed by atoms with E-state index in [-0.39, 0.29) is 0 Å². The molecule has 2 aliphatic rings. The summed E-state index contributed by atoms with van der Waals surface area (Å²) < 4.78 is 0. The van der Waals surface area contributed by atoms with Crippen molar-refractivity contribution in [2.24, 2.45) is 22.5 Å². The van der Waals surface area contributed by atoms with Crippen LogP contribution in [0.3, 0.4) is 0 Å². The van der Waals surface area contributed by atoms with Crippen molar-refractivity contribution in [3.05, 3.63) is 0 Å². The molecule has 0 amide bonds. The maximum atomic E-state index is 6.12. The quantitative estimate of drug-likeness (QED) is 0.672. The molecule has 1 nitrogen and oxygen atoms in total. The van der Waals surface area contributed by atoms with E-state index in [0.29, 0.717) is 16.9 Å². The molecule has 0 radical (unpaired) electrons.